The number of nitrogen functional groups attached to an aromatic ring is 1. The molecule has 15 heavy (non-hydrogen) atoms. The van der Waals surface area contributed by atoms with Gasteiger partial charge < -0.3 is 16.0 Å². The standard InChI is InChI=1S/C8H9N5OS/c9-5-1-10-7(11-2-5)12-3-6-4-15-8(14)13-6/h1-2,4H,3,9H2,(H,13,14)(H,10,11,12). The minimum absolute atomic E-state index is 0.0648. The van der Waals surface area contributed by atoms with Crippen molar-refractivity contribution in [3.8, 4) is 0 Å². The predicted molar refractivity (Wildman–Crippen MR) is 58.7 cm³/mol. The van der Waals surface area contributed by atoms with Crippen molar-refractivity contribution in [3.05, 3.63) is 33.1 Å². The molecule has 0 saturated heterocycles. The first-order valence-electron chi connectivity index (χ1n) is 4.22. The van der Waals surface area contributed by atoms with E-state index in [0.29, 0.717) is 18.2 Å². The quantitative estimate of drug-likeness (QED) is 0.700. The normalized spacial score (nSPS) is 10.1. The second-order valence-corrected chi connectivity index (χ2v) is 3.71. The van der Waals surface area contributed by atoms with Crippen LogP contribution < -0.4 is 15.9 Å². The molecular formula is C8H9N5OS. The molecule has 4 N–H and O–H groups in total. The summed E-state index contributed by atoms with van der Waals surface area (Å²) in [6.45, 7) is 0.489. The third-order valence-corrected chi connectivity index (χ3v) is 2.40. The molecule has 0 fully saturated rings. The topological polar surface area (TPSA) is 96.7 Å². The lowest BCUT2D eigenvalue weighted by atomic mass is 10.5. The van der Waals surface area contributed by atoms with Crippen molar-refractivity contribution in [1.29, 1.82) is 0 Å². The van der Waals surface area contributed by atoms with Gasteiger partial charge in [-0.3, -0.25) is 4.79 Å². The van der Waals surface area contributed by atoms with Gasteiger partial charge in [0.25, 0.3) is 0 Å². The summed E-state index contributed by atoms with van der Waals surface area (Å²) in [5.41, 5.74) is 6.77. The van der Waals surface area contributed by atoms with E-state index >= 15 is 0 Å². The summed E-state index contributed by atoms with van der Waals surface area (Å²) in [7, 11) is 0. The van der Waals surface area contributed by atoms with Crippen molar-refractivity contribution in [2.75, 3.05) is 11.1 Å². The van der Waals surface area contributed by atoms with Crippen LogP contribution in [0.3, 0.4) is 0 Å². The second kappa shape index (κ2) is 4.09. The number of hydrogen-bond donors (Lipinski definition) is 3. The number of nitrogens with two attached hydrogens (primary N) is 1. The molecule has 0 aliphatic rings. The maximum atomic E-state index is 10.8. The minimum Gasteiger partial charge on any atom is -0.396 e. The first-order valence-corrected chi connectivity index (χ1v) is 5.10. The number of aromatic nitrogens is 3. The van der Waals surface area contributed by atoms with Crippen LogP contribution in [0.2, 0.25) is 0 Å². The third-order valence-electron chi connectivity index (χ3n) is 1.68. The molecule has 0 spiro atoms. The third kappa shape index (κ3) is 2.53. The van der Waals surface area contributed by atoms with E-state index in [1.54, 1.807) is 5.38 Å². The van der Waals surface area contributed by atoms with E-state index in [1.165, 1.54) is 12.4 Å². The van der Waals surface area contributed by atoms with Gasteiger partial charge in [-0.1, -0.05) is 11.3 Å². The summed E-state index contributed by atoms with van der Waals surface area (Å²) in [4.78, 5) is 21.4. The lowest BCUT2D eigenvalue weighted by molar-refractivity contribution is 1.01. The lowest BCUT2D eigenvalue weighted by Crippen LogP contribution is -2.05. The van der Waals surface area contributed by atoms with Crippen LogP contribution in [0.15, 0.2) is 22.6 Å². The Morgan fingerprint density at radius 1 is 1.47 bits per heavy atom. The van der Waals surface area contributed by atoms with Crippen molar-refractivity contribution in [2.24, 2.45) is 0 Å². The molecule has 0 radical (unpaired) electrons. The average molecular weight is 223 g/mol. The van der Waals surface area contributed by atoms with Crippen molar-refractivity contribution in [1.82, 2.24) is 15.0 Å². The summed E-state index contributed by atoms with van der Waals surface area (Å²) in [6.07, 6.45) is 3.04. The Morgan fingerprint density at radius 3 is 2.80 bits per heavy atom. The van der Waals surface area contributed by atoms with E-state index in [-0.39, 0.29) is 4.87 Å². The molecule has 0 saturated carbocycles. The van der Waals surface area contributed by atoms with E-state index in [9.17, 15) is 4.79 Å². The number of hydrogen-bond acceptors (Lipinski definition) is 6. The summed E-state index contributed by atoms with van der Waals surface area (Å²) in [5, 5.41) is 4.72. The molecule has 7 heteroatoms. The number of aromatic amines is 1. The van der Waals surface area contributed by atoms with Gasteiger partial charge in [-0.05, 0) is 0 Å². The van der Waals surface area contributed by atoms with Crippen LogP contribution in [0.5, 0.6) is 0 Å². The Kier molecular flexibility index (Phi) is 2.64. The minimum atomic E-state index is -0.0648. The molecule has 2 rings (SSSR count). The van der Waals surface area contributed by atoms with Gasteiger partial charge in [0.15, 0.2) is 0 Å². The Labute approximate surface area is 89.2 Å². The molecule has 0 aliphatic heterocycles. The first-order chi connectivity index (χ1) is 7.24. The maximum absolute atomic E-state index is 10.8. The highest BCUT2D eigenvalue weighted by Gasteiger charge is 1.98. The summed E-state index contributed by atoms with van der Waals surface area (Å²) in [5.74, 6) is 0.483. The molecule has 2 aromatic rings. The number of rotatable bonds is 3. The van der Waals surface area contributed by atoms with E-state index < -0.39 is 0 Å². The maximum Gasteiger partial charge on any atom is 0.304 e. The van der Waals surface area contributed by atoms with E-state index in [1.807, 2.05) is 0 Å². The Morgan fingerprint density at radius 2 is 2.20 bits per heavy atom. The molecule has 2 aromatic heterocycles. The highest BCUT2D eigenvalue weighted by Crippen LogP contribution is 2.03. The smallest absolute Gasteiger partial charge is 0.304 e. The molecular weight excluding hydrogens is 214 g/mol. The molecule has 0 aromatic carbocycles. The Bertz CT molecular complexity index is 488. The molecule has 2 heterocycles. The Hall–Kier alpha value is -1.89. The Balaban J connectivity index is 1.99. The molecule has 78 valence electrons. The lowest BCUT2D eigenvalue weighted by Gasteiger charge is -2.01. The zero-order chi connectivity index (χ0) is 10.7. The average Bonchev–Trinajstić information content (AvgIpc) is 2.64. The number of H-pyrrole nitrogens is 1. The van der Waals surface area contributed by atoms with Crippen molar-refractivity contribution in [3.63, 3.8) is 0 Å². The first kappa shape index (κ1) is 9.66. The van der Waals surface area contributed by atoms with Crippen molar-refractivity contribution >= 4 is 23.0 Å². The zero-order valence-corrected chi connectivity index (χ0v) is 8.54. The van der Waals surface area contributed by atoms with Gasteiger partial charge in [0.05, 0.1) is 24.6 Å². The van der Waals surface area contributed by atoms with Crippen LogP contribution in [-0.2, 0) is 6.54 Å². The highest BCUT2D eigenvalue weighted by molar-refractivity contribution is 7.07. The van der Waals surface area contributed by atoms with E-state index in [4.69, 9.17) is 5.73 Å². The van der Waals surface area contributed by atoms with Crippen LogP contribution in [0.4, 0.5) is 11.6 Å². The molecule has 6 nitrogen and oxygen atoms in total. The predicted octanol–water partition coefficient (Wildman–Crippen LogP) is 0.421. The van der Waals surface area contributed by atoms with E-state index in [0.717, 1.165) is 17.0 Å². The molecule has 0 aliphatic carbocycles. The number of anilines is 2. The number of nitrogens with zero attached hydrogens (tertiary/aromatic N) is 2. The highest BCUT2D eigenvalue weighted by atomic mass is 32.1. The fourth-order valence-electron chi connectivity index (χ4n) is 1.00. The van der Waals surface area contributed by atoms with Gasteiger partial charge in [-0.15, -0.1) is 0 Å². The van der Waals surface area contributed by atoms with Gasteiger partial charge in [0.1, 0.15) is 0 Å². The molecule has 0 unspecified atom stereocenters. The summed E-state index contributed by atoms with van der Waals surface area (Å²) in [6, 6.07) is 0. The van der Waals surface area contributed by atoms with Crippen LogP contribution in [0, 0.1) is 0 Å². The molecule has 0 amide bonds. The van der Waals surface area contributed by atoms with Gasteiger partial charge in [0, 0.05) is 11.1 Å². The van der Waals surface area contributed by atoms with E-state index in [2.05, 4.69) is 20.3 Å². The largest absolute Gasteiger partial charge is 0.396 e. The van der Waals surface area contributed by atoms with Crippen LogP contribution in [-0.4, -0.2) is 15.0 Å². The summed E-state index contributed by atoms with van der Waals surface area (Å²) >= 11 is 1.13. The van der Waals surface area contributed by atoms with Gasteiger partial charge in [-0.25, -0.2) is 9.97 Å². The monoisotopic (exact) mass is 223 g/mol. The number of thiazole rings is 1. The SMILES string of the molecule is Nc1cnc(NCc2csc(=O)[nH]2)nc1. The van der Waals surface area contributed by atoms with Crippen molar-refractivity contribution in [2.45, 2.75) is 6.54 Å². The van der Waals surface area contributed by atoms with Crippen molar-refractivity contribution < 1.29 is 0 Å². The van der Waals surface area contributed by atoms with Crippen LogP contribution >= 0.6 is 11.3 Å². The fraction of sp³-hybridized carbons (Fsp3) is 0.125. The summed E-state index contributed by atoms with van der Waals surface area (Å²) < 4.78 is 0. The van der Waals surface area contributed by atoms with Gasteiger partial charge in [-0.2, -0.15) is 0 Å². The zero-order valence-electron chi connectivity index (χ0n) is 7.73. The number of nitrogens with one attached hydrogen (secondary N) is 2. The van der Waals surface area contributed by atoms with Crippen LogP contribution in [0.1, 0.15) is 5.69 Å². The van der Waals surface area contributed by atoms with Gasteiger partial charge in [0.2, 0.25) is 5.95 Å². The molecule has 0 atom stereocenters. The fourth-order valence-corrected chi connectivity index (χ4v) is 1.59. The molecule has 0 bridgehead atoms. The van der Waals surface area contributed by atoms with Crippen LogP contribution in [0.25, 0.3) is 0 Å². The second-order valence-electron chi connectivity index (χ2n) is 2.87. The van der Waals surface area contributed by atoms with Gasteiger partial charge >= 0.3 is 4.87 Å².